The topological polar surface area (TPSA) is 41.3 Å². The highest BCUT2D eigenvalue weighted by Crippen LogP contribution is 2.36. The van der Waals surface area contributed by atoms with Crippen LogP contribution >= 0.6 is 0 Å². The zero-order chi connectivity index (χ0) is 14.2. The van der Waals surface area contributed by atoms with E-state index in [2.05, 4.69) is 5.10 Å². The van der Waals surface area contributed by atoms with Crippen LogP contribution in [0.15, 0.2) is 0 Å². The van der Waals surface area contributed by atoms with Gasteiger partial charge in [0.25, 0.3) is 0 Å². The number of anilines is 1. The normalized spacial score (nSPS) is 18.1. The van der Waals surface area contributed by atoms with Crippen LogP contribution in [0.25, 0.3) is 0 Å². The van der Waals surface area contributed by atoms with Gasteiger partial charge in [0.2, 0.25) is 0 Å². The first-order valence-electron chi connectivity index (χ1n) is 6.29. The molecule has 0 aromatic carbocycles. The lowest BCUT2D eigenvalue weighted by Gasteiger charge is -2.34. The molecular weight excluding hydrogens is 259 g/mol. The van der Waals surface area contributed by atoms with Gasteiger partial charge in [-0.25, -0.2) is 0 Å². The first kappa shape index (κ1) is 14.2. The average molecular weight is 277 g/mol. The maximum absolute atomic E-state index is 12.6. The Bertz CT molecular complexity index is 448. The van der Waals surface area contributed by atoms with Crippen molar-refractivity contribution in [1.82, 2.24) is 9.78 Å². The molecule has 1 aliphatic heterocycles. The summed E-state index contributed by atoms with van der Waals surface area (Å²) in [6.45, 7) is 2.33. The third-order valence-corrected chi connectivity index (χ3v) is 3.73. The minimum atomic E-state index is -4.10. The van der Waals surface area contributed by atoms with Gasteiger partial charge in [0, 0.05) is 25.7 Å². The summed E-state index contributed by atoms with van der Waals surface area (Å²) in [6.07, 6.45) is -3.91. The van der Waals surface area contributed by atoms with Gasteiger partial charge < -0.3 is 10.0 Å². The largest absolute Gasteiger partial charge is 0.391 e. The second-order valence-electron chi connectivity index (χ2n) is 4.97. The number of aryl methyl sites for hydroxylation is 2. The SMILES string of the molecule is Cc1nn(C)c(N2CCC(C(F)(F)F)CC2)c1CO. The third kappa shape index (κ3) is 2.70. The van der Waals surface area contributed by atoms with Gasteiger partial charge in [-0.05, 0) is 19.8 Å². The molecule has 4 nitrogen and oxygen atoms in total. The minimum absolute atomic E-state index is 0.0958. The molecule has 0 radical (unpaired) electrons. The van der Waals surface area contributed by atoms with Crippen molar-refractivity contribution < 1.29 is 18.3 Å². The van der Waals surface area contributed by atoms with Crippen LogP contribution in [0.1, 0.15) is 24.1 Å². The van der Waals surface area contributed by atoms with E-state index in [0.717, 1.165) is 11.5 Å². The van der Waals surface area contributed by atoms with Crippen LogP contribution in [0, 0.1) is 12.8 Å². The van der Waals surface area contributed by atoms with Crippen molar-refractivity contribution in [3.63, 3.8) is 0 Å². The van der Waals surface area contributed by atoms with Crippen LogP contribution in [0.5, 0.6) is 0 Å². The fourth-order valence-electron chi connectivity index (χ4n) is 2.69. The van der Waals surface area contributed by atoms with Gasteiger partial charge in [0.05, 0.1) is 18.2 Å². The van der Waals surface area contributed by atoms with Crippen molar-refractivity contribution in [3.05, 3.63) is 11.3 Å². The van der Waals surface area contributed by atoms with Crippen molar-refractivity contribution in [2.75, 3.05) is 18.0 Å². The maximum Gasteiger partial charge on any atom is 0.391 e. The average Bonchev–Trinajstić information content (AvgIpc) is 2.62. The third-order valence-electron chi connectivity index (χ3n) is 3.73. The summed E-state index contributed by atoms with van der Waals surface area (Å²) in [5, 5.41) is 13.6. The van der Waals surface area contributed by atoms with Crippen molar-refractivity contribution >= 4 is 5.82 Å². The van der Waals surface area contributed by atoms with E-state index < -0.39 is 12.1 Å². The highest BCUT2D eigenvalue weighted by molar-refractivity contribution is 5.50. The molecule has 0 aliphatic carbocycles. The molecule has 108 valence electrons. The van der Waals surface area contributed by atoms with Crippen LogP contribution in [-0.2, 0) is 13.7 Å². The van der Waals surface area contributed by atoms with E-state index in [4.69, 9.17) is 0 Å². The Hall–Kier alpha value is -1.24. The van der Waals surface area contributed by atoms with E-state index in [9.17, 15) is 18.3 Å². The van der Waals surface area contributed by atoms with E-state index in [1.54, 1.807) is 18.7 Å². The summed E-state index contributed by atoms with van der Waals surface area (Å²) in [7, 11) is 1.75. The molecule has 1 aliphatic rings. The molecule has 1 fully saturated rings. The lowest BCUT2D eigenvalue weighted by Crippen LogP contribution is -2.40. The number of aliphatic hydroxyl groups excluding tert-OH is 1. The molecule has 0 saturated carbocycles. The number of nitrogens with zero attached hydrogens (tertiary/aromatic N) is 3. The predicted octanol–water partition coefficient (Wildman–Crippen LogP) is 2.00. The number of piperidine rings is 1. The lowest BCUT2D eigenvalue weighted by molar-refractivity contribution is -0.179. The molecule has 0 amide bonds. The summed E-state index contributed by atoms with van der Waals surface area (Å²) in [5.74, 6) is -0.476. The molecule has 7 heteroatoms. The summed E-state index contributed by atoms with van der Waals surface area (Å²) >= 11 is 0. The van der Waals surface area contributed by atoms with E-state index in [1.807, 2.05) is 4.90 Å². The van der Waals surface area contributed by atoms with E-state index in [-0.39, 0.29) is 19.4 Å². The van der Waals surface area contributed by atoms with Crippen molar-refractivity contribution in [3.8, 4) is 0 Å². The number of aromatic nitrogens is 2. The Morgan fingerprint density at radius 3 is 2.37 bits per heavy atom. The zero-order valence-corrected chi connectivity index (χ0v) is 11.0. The predicted molar refractivity (Wildman–Crippen MR) is 64.9 cm³/mol. The van der Waals surface area contributed by atoms with Crippen LogP contribution in [0.4, 0.5) is 19.0 Å². The van der Waals surface area contributed by atoms with E-state index in [0.29, 0.717) is 18.7 Å². The van der Waals surface area contributed by atoms with Crippen LogP contribution in [0.2, 0.25) is 0 Å². The van der Waals surface area contributed by atoms with Crippen molar-refractivity contribution in [1.29, 1.82) is 0 Å². The van der Waals surface area contributed by atoms with Gasteiger partial charge in [-0.15, -0.1) is 0 Å². The maximum atomic E-state index is 12.6. The molecule has 0 bridgehead atoms. The Balaban J connectivity index is 2.14. The second-order valence-corrected chi connectivity index (χ2v) is 4.97. The molecular formula is C12H18F3N3O. The fourth-order valence-corrected chi connectivity index (χ4v) is 2.69. The Labute approximate surface area is 109 Å². The molecule has 0 atom stereocenters. The summed E-state index contributed by atoms with van der Waals surface area (Å²) < 4.78 is 39.5. The Morgan fingerprint density at radius 2 is 1.89 bits per heavy atom. The fraction of sp³-hybridized carbons (Fsp3) is 0.750. The van der Waals surface area contributed by atoms with Crippen molar-refractivity contribution in [2.24, 2.45) is 13.0 Å². The molecule has 1 saturated heterocycles. The molecule has 1 N–H and O–H groups in total. The van der Waals surface area contributed by atoms with Crippen molar-refractivity contribution in [2.45, 2.75) is 32.5 Å². The monoisotopic (exact) mass is 277 g/mol. The summed E-state index contributed by atoms with van der Waals surface area (Å²) in [6, 6.07) is 0. The Morgan fingerprint density at radius 1 is 1.32 bits per heavy atom. The first-order chi connectivity index (χ1) is 8.84. The molecule has 0 spiro atoms. The minimum Gasteiger partial charge on any atom is -0.391 e. The summed E-state index contributed by atoms with van der Waals surface area (Å²) in [5.41, 5.74) is 1.42. The highest BCUT2D eigenvalue weighted by Gasteiger charge is 2.41. The molecule has 19 heavy (non-hydrogen) atoms. The van der Waals surface area contributed by atoms with Gasteiger partial charge in [0.1, 0.15) is 5.82 Å². The molecule has 1 aromatic rings. The van der Waals surface area contributed by atoms with Gasteiger partial charge in [0.15, 0.2) is 0 Å². The number of halogens is 3. The molecule has 2 heterocycles. The zero-order valence-electron chi connectivity index (χ0n) is 11.0. The van der Waals surface area contributed by atoms with Gasteiger partial charge >= 0.3 is 6.18 Å². The van der Waals surface area contributed by atoms with Gasteiger partial charge in [-0.1, -0.05) is 0 Å². The molecule has 1 aromatic heterocycles. The van der Waals surface area contributed by atoms with E-state index in [1.165, 1.54) is 0 Å². The van der Waals surface area contributed by atoms with Gasteiger partial charge in [-0.2, -0.15) is 18.3 Å². The lowest BCUT2D eigenvalue weighted by atomic mass is 9.96. The van der Waals surface area contributed by atoms with Crippen LogP contribution < -0.4 is 4.90 Å². The standard InChI is InChI=1S/C12H18F3N3O/c1-8-10(7-19)11(17(2)16-8)18-5-3-9(4-6-18)12(13,14)15/h9,19H,3-7H2,1-2H3. The number of rotatable bonds is 2. The Kier molecular flexibility index (Phi) is 3.75. The smallest absolute Gasteiger partial charge is 0.391 e. The quantitative estimate of drug-likeness (QED) is 0.899. The van der Waals surface area contributed by atoms with Crippen LogP contribution in [-0.4, -0.2) is 34.2 Å². The number of hydrogen-bond donors (Lipinski definition) is 1. The van der Waals surface area contributed by atoms with E-state index >= 15 is 0 Å². The number of alkyl halides is 3. The van der Waals surface area contributed by atoms with Crippen LogP contribution in [0.3, 0.4) is 0 Å². The number of aliphatic hydroxyl groups is 1. The molecule has 2 rings (SSSR count). The second kappa shape index (κ2) is 5.03. The first-order valence-corrected chi connectivity index (χ1v) is 6.29. The summed E-state index contributed by atoms with van der Waals surface area (Å²) in [4.78, 5) is 1.88. The number of hydrogen-bond acceptors (Lipinski definition) is 3. The molecule has 0 unspecified atom stereocenters. The van der Waals surface area contributed by atoms with Gasteiger partial charge in [-0.3, -0.25) is 4.68 Å². The highest BCUT2D eigenvalue weighted by atomic mass is 19.4.